The van der Waals surface area contributed by atoms with Gasteiger partial charge in [0.1, 0.15) is 0 Å². The molecule has 2 amide bonds. The number of amides is 2. The number of anilines is 1. The van der Waals surface area contributed by atoms with Crippen molar-refractivity contribution in [1.82, 2.24) is 10.2 Å². The fraction of sp³-hybridized carbons (Fsp3) is 0.500. The maximum atomic E-state index is 12.0. The number of benzene rings is 1. The van der Waals surface area contributed by atoms with Crippen LogP contribution in [0, 0.1) is 5.92 Å². The summed E-state index contributed by atoms with van der Waals surface area (Å²) in [5.74, 6) is 0.191. The van der Waals surface area contributed by atoms with Crippen LogP contribution in [0.15, 0.2) is 24.3 Å². The van der Waals surface area contributed by atoms with Crippen molar-refractivity contribution in [2.24, 2.45) is 5.92 Å². The molecule has 1 aromatic carbocycles. The maximum Gasteiger partial charge on any atom is 0.225 e. The molecule has 6 heteroatoms. The number of hydrogen-bond acceptors (Lipinski definition) is 3. The molecule has 0 bridgehead atoms. The van der Waals surface area contributed by atoms with Gasteiger partial charge in [0, 0.05) is 25.9 Å². The summed E-state index contributed by atoms with van der Waals surface area (Å²) in [6.07, 6.45) is 2.13. The lowest BCUT2D eigenvalue weighted by Crippen LogP contribution is -2.40. The molecule has 1 aliphatic heterocycles. The maximum absolute atomic E-state index is 12.0. The van der Waals surface area contributed by atoms with E-state index >= 15 is 0 Å². The Morgan fingerprint density at radius 2 is 1.95 bits per heavy atom. The Hall–Kier alpha value is -1.59. The standard InChI is InChI=1S/C16H22ClN3O2/c1-18-16(22)12-6-9-20(10-7-12)11-8-15(21)19-14-5-3-2-4-13(14)17/h2-5,12H,6-11H2,1H3,(H,18,22)(H,19,21). The molecule has 0 aromatic heterocycles. The number of para-hydroxylation sites is 1. The van der Waals surface area contributed by atoms with Crippen molar-refractivity contribution in [3.8, 4) is 0 Å². The van der Waals surface area contributed by atoms with Crippen molar-refractivity contribution in [3.05, 3.63) is 29.3 Å². The van der Waals surface area contributed by atoms with E-state index in [2.05, 4.69) is 15.5 Å². The number of hydrogen-bond donors (Lipinski definition) is 2. The van der Waals surface area contributed by atoms with Crippen molar-refractivity contribution in [1.29, 1.82) is 0 Å². The highest BCUT2D eigenvalue weighted by atomic mass is 35.5. The summed E-state index contributed by atoms with van der Waals surface area (Å²) in [5.41, 5.74) is 0.646. The molecule has 5 nitrogen and oxygen atoms in total. The lowest BCUT2D eigenvalue weighted by Gasteiger charge is -2.30. The van der Waals surface area contributed by atoms with E-state index in [0.717, 1.165) is 25.9 Å². The second-order valence-corrected chi connectivity index (χ2v) is 5.92. The Kier molecular flexibility index (Phi) is 6.21. The lowest BCUT2D eigenvalue weighted by atomic mass is 9.96. The normalized spacial score (nSPS) is 16.3. The molecule has 1 fully saturated rings. The molecule has 0 aliphatic carbocycles. The SMILES string of the molecule is CNC(=O)C1CCN(CCC(=O)Nc2ccccc2Cl)CC1. The minimum atomic E-state index is -0.0403. The Labute approximate surface area is 136 Å². The number of piperidine rings is 1. The summed E-state index contributed by atoms with van der Waals surface area (Å²) >= 11 is 6.01. The molecule has 0 spiro atoms. The van der Waals surface area contributed by atoms with Gasteiger partial charge >= 0.3 is 0 Å². The first-order valence-electron chi connectivity index (χ1n) is 7.58. The Morgan fingerprint density at radius 1 is 1.27 bits per heavy atom. The van der Waals surface area contributed by atoms with Crippen LogP contribution in [-0.2, 0) is 9.59 Å². The van der Waals surface area contributed by atoms with Crippen LogP contribution < -0.4 is 10.6 Å². The molecule has 0 atom stereocenters. The van der Waals surface area contributed by atoms with Crippen LogP contribution in [0.1, 0.15) is 19.3 Å². The van der Waals surface area contributed by atoms with E-state index in [-0.39, 0.29) is 17.7 Å². The van der Waals surface area contributed by atoms with Crippen LogP contribution >= 0.6 is 11.6 Å². The monoisotopic (exact) mass is 323 g/mol. The lowest BCUT2D eigenvalue weighted by molar-refractivity contribution is -0.126. The fourth-order valence-electron chi connectivity index (χ4n) is 2.66. The molecule has 2 rings (SSSR count). The highest BCUT2D eigenvalue weighted by Gasteiger charge is 2.24. The van der Waals surface area contributed by atoms with Gasteiger partial charge in [-0.1, -0.05) is 23.7 Å². The first-order valence-corrected chi connectivity index (χ1v) is 7.96. The Morgan fingerprint density at radius 3 is 2.59 bits per heavy atom. The minimum Gasteiger partial charge on any atom is -0.359 e. The van der Waals surface area contributed by atoms with Crippen LogP contribution in [0.2, 0.25) is 5.02 Å². The fourth-order valence-corrected chi connectivity index (χ4v) is 2.84. The van der Waals surface area contributed by atoms with Crippen molar-refractivity contribution in [3.63, 3.8) is 0 Å². The van der Waals surface area contributed by atoms with Gasteiger partial charge in [-0.15, -0.1) is 0 Å². The van der Waals surface area contributed by atoms with E-state index in [4.69, 9.17) is 11.6 Å². The molecule has 22 heavy (non-hydrogen) atoms. The first-order chi connectivity index (χ1) is 10.6. The van der Waals surface area contributed by atoms with Crippen LogP contribution in [-0.4, -0.2) is 43.4 Å². The number of nitrogens with zero attached hydrogens (tertiary/aromatic N) is 1. The van der Waals surface area contributed by atoms with Crippen molar-refractivity contribution >= 4 is 29.1 Å². The highest BCUT2D eigenvalue weighted by Crippen LogP contribution is 2.21. The average molecular weight is 324 g/mol. The van der Waals surface area contributed by atoms with Gasteiger partial charge in [0.05, 0.1) is 10.7 Å². The first kappa shape index (κ1) is 16.8. The summed E-state index contributed by atoms with van der Waals surface area (Å²) in [7, 11) is 1.67. The highest BCUT2D eigenvalue weighted by molar-refractivity contribution is 6.33. The smallest absolute Gasteiger partial charge is 0.225 e. The summed E-state index contributed by atoms with van der Waals surface area (Å²) in [6, 6.07) is 7.20. The second kappa shape index (κ2) is 8.15. The van der Waals surface area contributed by atoms with E-state index in [1.54, 1.807) is 19.2 Å². The predicted molar refractivity (Wildman–Crippen MR) is 87.9 cm³/mol. The third-order valence-electron chi connectivity index (χ3n) is 4.01. The third kappa shape index (κ3) is 4.71. The zero-order chi connectivity index (χ0) is 15.9. The molecule has 1 saturated heterocycles. The molecule has 0 radical (unpaired) electrons. The van der Waals surface area contributed by atoms with Gasteiger partial charge in [-0.2, -0.15) is 0 Å². The largest absolute Gasteiger partial charge is 0.359 e. The molecule has 2 N–H and O–H groups in total. The van der Waals surface area contributed by atoms with Crippen molar-refractivity contribution in [2.75, 3.05) is 32.0 Å². The van der Waals surface area contributed by atoms with Gasteiger partial charge < -0.3 is 15.5 Å². The van der Waals surface area contributed by atoms with Crippen LogP contribution in [0.25, 0.3) is 0 Å². The zero-order valence-electron chi connectivity index (χ0n) is 12.8. The Bertz CT molecular complexity index is 528. The van der Waals surface area contributed by atoms with E-state index in [1.807, 2.05) is 12.1 Å². The van der Waals surface area contributed by atoms with E-state index in [1.165, 1.54) is 0 Å². The molecular weight excluding hydrogens is 302 g/mol. The average Bonchev–Trinajstić information content (AvgIpc) is 2.55. The second-order valence-electron chi connectivity index (χ2n) is 5.51. The number of rotatable bonds is 5. The zero-order valence-corrected chi connectivity index (χ0v) is 13.5. The molecule has 0 unspecified atom stereocenters. The van der Waals surface area contributed by atoms with E-state index < -0.39 is 0 Å². The number of nitrogens with one attached hydrogen (secondary N) is 2. The van der Waals surface area contributed by atoms with Gasteiger partial charge in [0.15, 0.2) is 0 Å². The number of carbonyl (C=O) groups excluding carboxylic acids is 2. The minimum absolute atomic E-state index is 0.0403. The van der Waals surface area contributed by atoms with Gasteiger partial charge in [0.25, 0.3) is 0 Å². The summed E-state index contributed by atoms with van der Waals surface area (Å²) < 4.78 is 0. The summed E-state index contributed by atoms with van der Waals surface area (Å²) in [4.78, 5) is 25.8. The van der Waals surface area contributed by atoms with Crippen molar-refractivity contribution in [2.45, 2.75) is 19.3 Å². The Balaban J connectivity index is 1.72. The van der Waals surface area contributed by atoms with Crippen LogP contribution in [0.3, 0.4) is 0 Å². The molecule has 1 aliphatic rings. The van der Waals surface area contributed by atoms with E-state index in [0.29, 0.717) is 23.7 Å². The topological polar surface area (TPSA) is 61.4 Å². The van der Waals surface area contributed by atoms with Gasteiger partial charge in [-0.05, 0) is 38.1 Å². The summed E-state index contributed by atoms with van der Waals surface area (Å²) in [6.45, 7) is 2.42. The van der Waals surface area contributed by atoms with Crippen LogP contribution in [0.5, 0.6) is 0 Å². The molecule has 0 saturated carbocycles. The third-order valence-corrected chi connectivity index (χ3v) is 4.34. The number of carbonyl (C=O) groups is 2. The van der Waals surface area contributed by atoms with Crippen molar-refractivity contribution < 1.29 is 9.59 Å². The molecule has 1 aromatic rings. The summed E-state index contributed by atoms with van der Waals surface area (Å²) in [5, 5.41) is 6.07. The molecule has 120 valence electrons. The number of likely N-dealkylation sites (tertiary alicyclic amines) is 1. The van der Waals surface area contributed by atoms with Gasteiger partial charge in [-0.25, -0.2) is 0 Å². The van der Waals surface area contributed by atoms with Gasteiger partial charge in [-0.3, -0.25) is 9.59 Å². The number of halogens is 1. The van der Waals surface area contributed by atoms with Gasteiger partial charge in [0.2, 0.25) is 11.8 Å². The predicted octanol–water partition coefficient (Wildman–Crippen LogP) is 2.13. The van der Waals surface area contributed by atoms with Crippen LogP contribution in [0.4, 0.5) is 5.69 Å². The molecular formula is C16H22ClN3O2. The van der Waals surface area contributed by atoms with E-state index in [9.17, 15) is 9.59 Å². The quantitative estimate of drug-likeness (QED) is 0.872. The molecule has 1 heterocycles.